The normalized spacial score (nSPS) is 12.6. The van der Waals surface area contributed by atoms with Crippen molar-refractivity contribution in [1.29, 1.82) is 0 Å². The summed E-state index contributed by atoms with van der Waals surface area (Å²) in [5, 5.41) is 0. The van der Waals surface area contributed by atoms with Crippen molar-refractivity contribution in [2.45, 2.75) is 97.6 Å². The van der Waals surface area contributed by atoms with Gasteiger partial charge in [0.05, 0.1) is 6.10 Å². The molecule has 0 radical (unpaired) electrons. The van der Waals surface area contributed by atoms with Crippen molar-refractivity contribution < 1.29 is 23.0 Å². The van der Waals surface area contributed by atoms with Crippen molar-refractivity contribution in [3.8, 4) is 0 Å². The predicted molar refractivity (Wildman–Crippen MR) is 109 cm³/mol. The first-order valence-electron chi connectivity index (χ1n) is 10.9. The van der Waals surface area contributed by atoms with E-state index in [1.807, 2.05) is 13.8 Å². The van der Waals surface area contributed by atoms with Gasteiger partial charge in [0.2, 0.25) is 0 Å². The molecule has 3 nitrogen and oxygen atoms in total. The Labute approximate surface area is 169 Å². The fourth-order valence-electron chi connectivity index (χ4n) is 3.19. The topological polar surface area (TPSA) is 27.7 Å². The summed E-state index contributed by atoms with van der Waals surface area (Å²) in [5.41, 5.74) is 0.774. The van der Waals surface area contributed by atoms with Crippen LogP contribution >= 0.6 is 0 Å². The summed E-state index contributed by atoms with van der Waals surface area (Å²) in [4.78, 5) is 0. The Morgan fingerprint density at radius 2 is 1.43 bits per heavy atom. The van der Waals surface area contributed by atoms with Gasteiger partial charge in [0.15, 0.2) is 11.6 Å². The molecule has 0 heterocycles. The van der Waals surface area contributed by atoms with Crippen molar-refractivity contribution in [3.63, 3.8) is 0 Å². The smallest absolute Gasteiger partial charge is 0.271 e. The Bertz CT molecular complexity index is 505. The molecule has 28 heavy (non-hydrogen) atoms. The molecule has 0 aliphatic carbocycles. The summed E-state index contributed by atoms with van der Waals surface area (Å²) < 4.78 is 43.6. The van der Waals surface area contributed by atoms with Gasteiger partial charge in [-0.2, -0.15) is 0 Å². The molecule has 0 spiro atoms. The molecule has 5 heteroatoms. The van der Waals surface area contributed by atoms with E-state index in [-0.39, 0.29) is 6.10 Å². The zero-order chi connectivity index (χ0) is 20.6. The molecule has 0 bridgehead atoms. The van der Waals surface area contributed by atoms with E-state index in [2.05, 4.69) is 6.92 Å². The molecule has 0 aliphatic heterocycles. The standard InChI is InChI=1S/C23H38F2O3/c1-4-7-8-9-10-11-12-13-20(28-23(26-5-2)27-6-3)16-14-19-15-17-21(24)22(25)18-19/h15,17-18,20,23H,4-14,16H2,1-3H3. The molecule has 0 fully saturated rings. The molecule has 1 unspecified atom stereocenters. The zero-order valence-corrected chi connectivity index (χ0v) is 17.9. The monoisotopic (exact) mass is 400 g/mol. The number of hydrogen-bond acceptors (Lipinski definition) is 3. The zero-order valence-electron chi connectivity index (χ0n) is 17.9. The molecule has 1 aromatic rings. The van der Waals surface area contributed by atoms with Crippen LogP contribution in [0.5, 0.6) is 0 Å². The highest BCUT2D eigenvalue weighted by Crippen LogP contribution is 2.19. The summed E-state index contributed by atoms with van der Waals surface area (Å²) in [7, 11) is 0. The number of hydrogen-bond donors (Lipinski definition) is 0. The molecule has 0 amide bonds. The van der Waals surface area contributed by atoms with Gasteiger partial charge in [-0.1, -0.05) is 57.9 Å². The molecule has 0 N–H and O–H groups in total. The van der Waals surface area contributed by atoms with Crippen molar-refractivity contribution in [2.24, 2.45) is 0 Å². The predicted octanol–water partition coefficient (Wildman–Crippen LogP) is 6.78. The Morgan fingerprint density at radius 1 is 0.786 bits per heavy atom. The maximum atomic E-state index is 13.4. The fourth-order valence-corrected chi connectivity index (χ4v) is 3.19. The van der Waals surface area contributed by atoms with E-state index in [1.165, 1.54) is 50.7 Å². The van der Waals surface area contributed by atoms with Crippen LogP contribution in [0, 0.1) is 11.6 Å². The minimum absolute atomic E-state index is 0.0353. The van der Waals surface area contributed by atoms with Gasteiger partial charge in [-0.15, -0.1) is 0 Å². The van der Waals surface area contributed by atoms with Crippen LogP contribution in [0.2, 0.25) is 0 Å². The Morgan fingerprint density at radius 3 is 2.04 bits per heavy atom. The second kappa shape index (κ2) is 15.8. The average molecular weight is 401 g/mol. The lowest BCUT2D eigenvalue weighted by atomic mass is 10.0. The lowest BCUT2D eigenvalue weighted by Gasteiger charge is -2.24. The van der Waals surface area contributed by atoms with Crippen molar-refractivity contribution in [3.05, 3.63) is 35.4 Å². The first kappa shape index (κ1) is 25.0. The molecule has 0 aromatic heterocycles. The summed E-state index contributed by atoms with van der Waals surface area (Å²) in [5.74, 6) is -1.61. The highest BCUT2D eigenvalue weighted by molar-refractivity contribution is 5.17. The van der Waals surface area contributed by atoms with Gasteiger partial charge in [0.1, 0.15) is 0 Å². The third kappa shape index (κ3) is 11.1. The highest BCUT2D eigenvalue weighted by Gasteiger charge is 2.17. The summed E-state index contributed by atoms with van der Waals surface area (Å²) >= 11 is 0. The molecule has 1 atom stereocenters. The average Bonchev–Trinajstić information content (AvgIpc) is 2.68. The van der Waals surface area contributed by atoms with Gasteiger partial charge in [-0.3, -0.25) is 0 Å². The molecular weight excluding hydrogens is 362 g/mol. The van der Waals surface area contributed by atoms with Crippen LogP contribution in [0.25, 0.3) is 0 Å². The SMILES string of the molecule is CCCCCCCCCC(CCc1ccc(F)c(F)c1)OC(OCC)OCC. The van der Waals surface area contributed by atoms with Gasteiger partial charge in [0.25, 0.3) is 6.48 Å². The molecule has 0 saturated carbocycles. The third-order valence-corrected chi connectivity index (χ3v) is 4.78. The lowest BCUT2D eigenvalue weighted by Crippen LogP contribution is -2.28. The molecule has 162 valence electrons. The number of aryl methyl sites for hydroxylation is 1. The number of benzene rings is 1. The quantitative estimate of drug-likeness (QED) is 0.213. The largest absolute Gasteiger partial charge is 0.330 e. The highest BCUT2D eigenvalue weighted by atomic mass is 19.2. The van der Waals surface area contributed by atoms with E-state index in [1.54, 1.807) is 6.07 Å². The second-order valence-electron chi connectivity index (χ2n) is 7.15. The molecule has 1 rings (SSSR count). The molecule has 1 aromatic carbocycles. The van der Waals surface area contributed by atoms with E-state index in [0.717, 1.165) is 24.8 Å². The maximum Gasteiger partial charge on any atom is 0.271 e. The van der Waals surface area contributed by atoms with Gasteiger partial charge in [0, 0.05) is 13.2 Å². The minimum Gasteiger partial charge on any atom is -0.330 e. The summed E-state index contributed by atoms with van der Waals surface area (Å²) in [6, 6.07) is 4.08. The van der Waals surface area contributed by atoms with Gasteiger partial charge < -0.3 is 14.2 Å². The third-order valence-electron chi connectivity index (χ3n) is 4.78. The van der Waals surface area contributed by atoms with Gasteiger partial charge in [-0.05, 0) is 50.8 Å². The lowest BCUT2D eigenvalue weighted by molar-refractivity contribution is -0.302. The molecule has 0 saturated heterocycles. The van der Waals surface area contributed by atoms with Crippen molar-refractivity contribution in [1.82, 2.24) is 0 Å². The Kier molecular flexibility index (Phi) is 14.1. The maximum absolute atomic E-state index is 13.4. The van der Waals surface area contributed by atoms with Crippen molar-refractivity contribution in [2.75, 3.05) is 13.2 Å². The van der Waals surface area contributed by atoms with E-state index >= 15 is 0 Å². The van der Waals surface area contributed by atoms with E-state index in [4.69, 9.17) is 14.2 Å². The van der Waals surface area contributed by atoms with E-state index in [0.29, 0.717) is 19.6 Å². The van der Waals surface area contributed by atoms with Crippen LogP contribution in [0.15, 0.2) is 18.2 Å². The number of unbranched alkanes of at least 4 members (excludes halogenated alkanes) is 6. The number of rotatable bonds is 17. The first-order valence-corrected chi connectivity index (χ1v) is 10.9. The first-order chi connectivity index (χ1) is 13.6. The fraction of sp³-hybridized carbons (Fsp3) is 0.739. The molecular formula is C23H38F2O3. The molecule has 0 aliphatic rings. The second-order valence-corrected chi connectivity index (χ2v) is 7.15. The Hall–Kier alpha value is -1.04. The van der Waals surface area contributed by atoms with Crippen LogP contribution in [0.4, 0.5) is 8.78 Å². The minimum atomic E-state index is -0.813. The van der Waals surface area contributed by atoms with Crippen LogP contribution < -0.4 is 0 Å². The Balaban J connectivity index is 2.51. The van der Waals surface area contributed by atoms with Crippen LogP contribution in [-0.2, 0) is 20.6 Å². The van der Waals surface area contributed by atoms with Crippen LogP contribution in [0.1, 0.15) is 84.1 Å². The summed E-state index contributed by atoms with van der Waals surface area (Å²) in [6.07, 6.45) is 10.9. The van der Waals surface area contributed by atoms with Gasteiger partial charge in [-0.25, -0.2) is 8.78 Å². The number of halogens is 2. The van der Waals surface area contributed by atoms with E-state index < -0.39 is 18.1 Å². The van der Waals surface area contributed by atoms with Crippen molar-refractivity contribution >= 4 is 0 Å². The number of ether oxygens (including phenoxy) is 3. The summed E-state index contributed by atoms with van der Waals surface area (Å²) in [6.45, 7) is 6.39. The van der Waals surface area contributed by atoms with Crippen LogP contribution in [0.3, 0.4) is 0 Å². The van der Waals surface area contributed by atoms with Crippen LogP contribution in [-0.4, -0.2) is 25.8 Å². The van der Waals surface area contributed by atoms with E-state index in [9.17, 15) is 8.78 Å². The van der Waals surface area contributed by atoms with Gasteiger partial charge >= 0.3 is 0 Å².